The van der Waals surface area contributed by atoms with Crippen LogP contribution in [0.4, 0.5) is 0 Å². The van der Waals surface area contributed by atoms with Crippen LogP contribution >= 0.6 is 0 Å². The number of ether oxygens (including phenoxy) is 2. The molecule has 0 amide bonds. The van der Waals surface area contributed by atoms with Crippen LogP contribution in [0.25, 0.3) is 0 Å². The summed E-state index contributed by atoms with van der Waals surface area (Å²) in [5.41, 5.74) is 0.352. The van der Waals surface area contributed by atoms with Crippen molar-refractivity contribution >= 4 is 16.6 Å². The summed E-state index contributed by atoms with van der Waals surface area (Å²) in [7, 11) is -3.83. The van der Waals surface area contributed by atoms with E-state index in [1.54, 1.807) is 0 Å². The Morgan fingerprint density at radius 3 is 2.11 bits per heavy atom. The van der Waals surface area contributed by atoms with Gasteiger partial charge in [-0.1, -0.05) is 55.0 Å². The number of hydrogen-bond donors (Lipinski definition) is 1. The average molecular weight is 529 g/mol. The quantitative estimate of drug-likeness (QED) is 0.270. The zero-order chi connectivity index (χ0) is 27.2. The number of hydrogen-bond acceptors (Lipinski definition) is 5. The summed E-state index contributed by atoms with van der Waals surface area (Å²) in [6.07, 6.45) is 0.996. The Labute approximate surface area is 218 Å². The van der Waals surface area contributed by atoms with Gasteiger partial charge in [0, 0.05) is 19.4 Å². The second kappa shape index (κ2) is 10.6. The third-order valence-corrected chi connectivity index (χ3v) is 18.2. The molecule has 0 aliphatic carbocycles. The maximum Gasteiger partial charge on any atom is 0.192 e. The molecular formula is C28H56O5Si2. The second-order valence-electron chi connectivity index (χ2n) is 14.7. The summed E-state index contributed by atoms with van der Waals surface area (Å²) in [6, 6.07) is 0. The van der Waals surface area contributed by atoms with E-state index < -0.39 is 28.3 Å². The molecular weight excluding hydrogens is 472 g/mol. The second-order valence-corrected chi connectivity index (χ2v) is 24.3. The van der Waals surface area contributed by atoms with Gasteiger partial charge in [-0.25, -0.2) is 0 Å². The summed E-state index contributed by atoms with van der Waals surface area (Å²) < 4.78 is 26.8. The van der Waals surface area contributed by atoms with Crippen LogP contribution < -0.4 is 0 Å². The molecule has 2 aliphatic heterocycles. The molecule has 2 aliphatic rings. The van der Waals surface area contributed by atoms with Crippen molar-refractivity contribution in [3.05, 3.63) is 12.2 Å². The predicted octanol–water partition coefficient (Wildman–Crippen LogP) is 7.07. The van der Waals surface area contributed by atoms with E-state index in [-0.39, 0.29) is 34.5 Å². The lowest BCUT2D eigenvalue weighted by Gasteiger charge is -2.55. The lowest BCUT2D eigenvalue weighted by atomic mass is 9.78. The molecule has 2 rings (SSSR count). The van der Waals surface area contributed by atoms with E-state index in [0.717, 1.165) is 25.0 Å². The number of fused-ring (bicyclic) bond motifs is 1. The summed E-state index contributed by atoms with van der Waals surface area (Å²) in [4.78, 5) is 0. The molecule has 0 radical (unpaired) electrons. The van der Waals surface area contributed by atoms with E-state index in [0.29, 0.717) is 12.3 Å². The van der Waals surface area contributed by atoms with Gasteiger partial charge in [-0.2, -0.15) is 0 Å². The zero-order valence-corrected chi connectivity index (χ0v) is 27.1. The molecule has 0 saturated carbocycles. The molecule has 0 unspecified atom stereocenters. The highest BCUT2D eigenvalue weighted by atomic mass is 28.4. The first kappa shape index (κ1) is 31.2. The summed E-state index contributed by atoms with van der Waals surface area (Å²) in [5.74, 6) is 0.349. The SMILES string of the molecule is C=C(C)[C@H]1O[C@@]2(C)C[C@@H](O[Si](C)(C)C(C)(C)C)[C@H](C[C@@H](C)CO[Si](C)(C)C(C)(C)C)O[C@@H]2C[C@@H]1O. The largest absolute Gasteiger partial charge is 0.417 e. The third kappa shape index (κ3) is 7.30. The van der Waals surface area contributed by atoms with Gasteiger partial charge in [0.25, 0.3) is 0 Å². The molecule has 5 nitrogen and oxygen atoms in total. The van der Waals surface area contributed by atoms with Crippen LogP contribution in [0.1, 0.15) is 81.6 Å². The normalized spacial score (nSPS) is 33.8. The Bertz CT molecular complexity index is 739. The van der Waals surface area contributed by atoms with Crippen molar-refractivity contribution in [3.63, 3.8) is 0 Å². The maximum atomic E-state index is 10.8. The average Bonchev–Trinajstić information content (AvgIpc) is 2.65. The van der Waals surface area contributed by atoms with Crippen molar-refractivity contribution < 1.29 is 23.4 Å². The van der Waals surface area contributed by atoms with Gasteiger partial charge in [-0.05, 0) is 68.0 Å². The molecule has 0 aromatic heterocycles. The molecule has 1 N–H and O–H groups in total. The topological polar surface area (TPSA) is 57.2 Å². The van der Waals surface area contributed by atoms with Gasteiger partial charge >= 0.3 is 0 Å². The van der Waals surface area contributed by atoms with Crippen molar-refractivity contribution in [2.45, 2.75) is 154 Å². The Hall–Kier alpha value is -0.0262. The summed E-state index contributed by atoms with van der Waals surface area (Å²) in [6.45, 7) is 34.0. The highest BCUT2D eigenvalue weighted by molar-refractivity contribution is 6.74. The molecule has 35 heavy (non-hydrogen) atoms. The van der Waals surface area contributed by atoms with Gasteiger partial charge < -0.3 is 23.4 Å². The highest BCUT2D eigenvalue weighted by Gasteiger charge is 2.54. The van der Waals surface area contributed by atoms with Gasteiger partial charge in [0.1, 0.15) is 6.10 Å². The van der Waals surface area contributed by atoms with Crippen LogP contribution in [0.3, 0.4) is 0 Å². The van der Waals surface area contributed by atoms with Crippen LogP contribution in [0, 0.1) is 5.92 Å². The minimum Gasteiger partial charge on any atom is -0.417 e. The molecule has 7 heteroatoms. The Balaban J connectivity index is 2.24. The van der Waals surface area contributed by atoms with Crippen LogP contribution in [-0.4, -0.2) is 64.5 Å². The van der Waals surface area contributed by atoms with Gasteiger partial charge in [-0.3, -0.25) is 0 Å². The molecule has 7 atom stereocenters. The van der Waals surface area contributed by atoms with E-state index in [9.17, 15) is 5.11 Å². The van der Waals surface area contributed by atoms with E-state index in [1.165, 1.54) is 0 Å². The van der Waals surface area contributed by atoms with Gasteiger partial charge in [0.2, 0.25) is 0 Å². The molecule has 0 spiro atoms. The highest BCUT2D eigenvalue weighted by Crippen LogP contribution is 2.46. The molecule has 0 bridgehead atoms. The zero-order valence-electron chi connectivity index (χ0n) is 25.1. The van der Waals surface area contributed by atoms with Crippen molar-refractivity contribution in [1.82, 2.24) is 0 Å². The lowest BCUT2D eigenvalue weighted by Crippen LogP contribution is -2.64. The number of rotatable bonds is 8. The van der Waals surface area contributed by atoms with Crippen LogP contribution in [0.5, 0.6) is 0 Å². The summed E-state index contributed by atoms with van der Waals surface area (Å²) >= 11 is 0. The predicted molar refractivity (Wildman–Crippen MR) is 151 cm³/mol. The first-order valence-corrected chi connectivity index (χ1v) is 19.4. The fraction of sp³-hybridized carbons (Fsp3) is 0.929. The van der Waals surface area contributed by atoms with Crippen LogP contribution in [0.2, 0.25) is 36.3 Å². The van der Waals surface area contributed by atoms with E-state index in [4.69, 9.17) is 18.3 Å². The number of aliphatic hydroxyl groups is 1. The van der Waals surface area contributed by atoms with Crippen molar-refractivity contribution in [2.24, 2.45) is 5.92 Å². The molecule has 0 aromatic carbocycles. The van der Waals surface area contributed by atoms with Crippen molar-refractivity contribution in [3.8, 4) is 0 Å². The van der Waals surface area contributed by atoms with Crippen LogP contribution in [0.15, 0.2) is 12.2 Å². The molecule has 0 aromatic rings. The van der Waals surface area contributed by atoms with Crippen LogP contribution in [-0.2, 0) is 18.3 Å². The minimum absolute atomic E-state index is 0.0441. The Morgan fingerprint density at radius 2 is 1.63 bits per heavy atom. The molecule has 2 saturated heterocycles. The van der Waals surface area contributed by atoms with E-state index in [1.807, 2.05) is 6.92 Å². The van der Waals surface area contributed by atoms with Gasteiger partial charge in [0.05, 0.1) is 30.0 Å². The van der Waals surface area contributed by atoms with Gasteiger partial charge in [-0.15, -0.1) is 0 Å². The molecule has 2 fully saturated rings. The van der Waals surface area contributed by atoms with Crippen molar-refractivity contribution in [2.75, 3.05) is 6.61 Å². The first-order valence-electron chi connectivity index (χ1n) is 13.6. The number of aliphatic hydroxyl groups excluding tert-OH is 1. The van der Waals surface area contributed by atoms with Gasteiger partial charge in [0.15, 0.2) is 16.6 Å². The Kier molecular flexibility index (Phi) is 9.47. The maximum absolute atomic E-state index is 10.8. The van der Waals surface area contributed by atoms with E-state index >= 15 is 0 Å². The lowest BCUT2D eigenvalue weighted by molar-refractivity contribution is -0.279. The monoisotopic (exact) mass is 528 g/mol. The Morgan fingerprint density at radius 1 is 1.09 bits per heavy atom. The summed E-state index contributed by atoms with van der Waals surface area (Å²) in [5, 5.41) is 11.1. The standard InChI is InChI=1S/C28H56O5Si2/c1-19(2)25-21(29)16-24-28(10,32-25)17-23(33-35(13,14)27(7,8)9)22(31-24)15-20(3)18-30-34(11,12)26(4,5)6/h20-25,29H,1,15-18H2,2-14H3/t20-,21+,22+,23-,24-,25-,28+/m1/s1. The molecule has 2 heterocycles. The third-order valence-electron chi connectivity index (χ3n) is 9.15. The minimum atomic E-state index is -2.03. The molecule has 206 valence electrons. The van der Waals surface area contributed by atoms with E-state index in [2.05, 4.69) is 88.2 Å². The first-order chi connectivity index (χ1) is 15.6. The smallest absolute Gasteiger partial charge is 0.192 e. The van der Waals surface area contributed by atoms with Crippen molar-refractivity contribution in [1.29, 1.82) is 0 Å². The fourth-order valence-corrected chi connectivity index (χ4v) is 7.07. The fourth-order valence-electron chi connectivity index (χ4n) is 4.59.